The monoisotopic (exact) mass is 252 g/mol. The van der Waals surface area contributed by atoms with E-state index in [0.29, 0.717) is 0 Å². The summed E-state index contributed by atoms with van der Waals surface area (Å²) in [6.07, 6.45) is 0.0290. The van der Waals surface area contributed by atoms with E-state index in [1.54, 1.807) is 0 Å². The lowest BCUT2D eigenvalue weighted by Gasteiger charge is -2.14. The molecule has 92 valence electrons. The molecular formula is C7H12N2O6S. The molecule has 3 N–H and O–H groups in total. The van der Waals surface area contributed by atoms with Crippen molar-refractivity contribution in [2.75, 3.05) is 19.7 Å². The number of carbonyl (C=O) groups excluding carboxylic acids is 2. The quantitative estimate of drug-likeness (QED) is 0.552. The van der Waals surface area contributed by atoms with Crippen LogP contribution < -0.4 is 5.73 Å². The number of hydrogen-bond acceptors (Lipinski definition) is 5. The van der Waals surface area contributed by atoms with Crippen molar-refractivity contribution in [1.82, 2.24) is 4.90 Å². The van der Waals surface area contributed by atoms with Crippen LogP contribution in [0.15, 0.2) is 0 Å². The molecule has 2 amide bonds. The summed E-state index contributed by atoms with van der Waals surface area (Å²) in [5.41, 5.74) is 5.04. The molecule has 0 aromatic heterocycles. The molecule has 0 spiro atoms. The molecule has 0 aromatic rings. The Morgan fingerprint density at radius 2 is 2.25 bits per heavy atom. The Hall–Kier alpha value is -1.19. The van der Waals surface area contributed by atoms with E-state index in [1.165, 1.54) is 4.90 Å². The lowest BCUT2D eigenvalue weighted by molar-refractivity contribution is -0.128. The summed E-state index contributed by atoms with van der Waals surface area (Å²) in [4.78, 5) is 23.4. The second-order valence-corrected chi connectivity index (χ2v) is 4.48. The molecule has 1 rings (SSSR count). The first-order valence-electron chi connectivity index (χ1n) is 4.48. The van der Waals surface area contributed by atoms with Crippen molar-refractivity contribution < 1.29 is 26.7 Å². The molecule has 1 aliphatic rings. The van der Waals surface area contributed by atoms with Crippen LogP contribution in [0.1, 0.15) is 6.42 Å². The van der Waals surface area contributed by atoms with E-state index >= 15 is 0 Å². The largest absolute Gasteiger partial charge is 0.397 e. The number of carbonyl (C=O) groups is 2. The predicted octanol–water partition coefficient (Wildman–Crippen LogP) is -1.86. The van der Waals surface area contributed by atoms with Crippen LogP contribution in [0.25, 0.3) is 0 Å². The zero-order chi connectivity index (χ0) is 12.3. The maximum atomic E-state index is 11.3. The highest BCUT2D eigenvalue weighted by atomic mass is 32.3. The van der Waals surface area contributed by atoms with E-state index < -0.39 is 22.2 Å². The van der Waals surface area contributed by atoms with Crippen LogP contribution >= 0.6 is 0 Å². The molecule has 0 bridgehead atoms. The van der Waals surface area contributed by atoms with Crippen LogP contribution in [0.3, 0.4) is 0 Å². The first kappa shape index (κ1) is 12.9. The molecule has 1 aliphatic heterocycles. The van der Waals surface area contributed by atoms with E-state index in [0.717, 1.165) is 0 Å². The molecule has 16 heavy (non-hydrogen) atoms. The highest BCUT2D eigenvalue weighted by molar-refractivity contribution is 7.80. The summed E-state index contributed by atoms with van der Waals surface area (Å²) in [6, 6.07) is 0. The van der Waals surface area contributed by atoms with Gasteiger partial charge in [-0.1, -0.05) is 0 Å². The fraction of sp³-hybridized carbons (Fsp3) is 0.714. The number of likely N-dealkylation sites (tertiary alicyclic amines) is 1. The third kappa shape index (κ3) is 3.76. The van der Waals surface area contributed by atoms with E-state index in [9.17, 15) is 18.0 Å². The van der Waals surface area contributed by atoms with Gasteiger partial charge < -0.3 is 10.6 Å². The topological polar surface area (TPSA) is 127 Å². The zero-order valence-corrected chi connectivity index (χ0v) is 9.14. The minimum absolute atomic E-state index is 0.0115. The second kappa shape index (κ2) is 4.76. The molecule has 1 unspecified atom stereocenters. The Morgan fingerprint density at radius 3 is 2.69 bits per heavy atom. The summed E-state index contributed by atoms with van der Waals surface area (Å²) >= 11 is 0. The van der Waals surface area contributed by atoms with Crippen molar-refractivity contribution >= 4 is 22.2 Å². The molecular weight excluding hydrogens is 240 g/mol. The molecule has 1 heterocycles. The fourth-order valence-electron chi connectivity index (χ4n) is 1.43. The standard InChI is InChI=1S/C7H12N2O6S/c8-7(11)5-3-6(10)9(4-5)1-2-15-16(12,13)14/h5H,1-4H2,(H2,8,11)(H,12,13,14). The summed E-state index contributed by atoms with van der Waals surface area (Å²) in [6.45, 7) is -0.207. The van der Waals surface area contributed by atoms with Crippen molar-refractivity contribution in [3.05, 3.63) is 0 Å². The van der Waals surface area contributed by atoms with Gasteiger partial charge in [0.05, 0.1) is 12.5 Å². The van der Waals surface area contributed by atoms with Crippen LogP contribution in [0.5, 0.6) is 0 Å². The number of hydrogen-bond donors (Lipinski definition) is 2. The number of primary amides is 1. The Labute approximate surface area is 92.3 Å². The van der Waals surface area contributed by atoms with Crippen molar-refractivity contribution in [3.63, 3.8) is 0 Å². The first-order valence-corrected chi connectivity index (χ1v) is 5.85. The van der Waals surface area contributed by atoms with Gasteiger partial charge in [-0.3, -0.25) is 14.1 Å². The maximum absolute atomic E-state index is 11.3. The predicted molar refractivity (Wildman–Crippen MR) is 51.4 cm³/mol. The van der Waals surface area contributed by atoms with Gasteiger partial charge in [-0.2, -0.15) is 8.42 Å². The van der Waals surface area contributed by atoms with Gasteiger partial charge >= 0.3 is 10.4 Å². The average Bonchev–Trinajstić information content (AvgIpc) is 2.46. The van der Waals surface area contributed by atoms with Crippen LogP contribution in [0, 0.1) is 5.92 Å². The van der Waals surface area contributed by atoms with E-state index in [-0.39, 0.29) is 32.0 Å². The molecule has 0 saturated carbocycles. The smallest absolute Gasteiger partial charge is 0.369 e. The van der Waals surface area contributed by atoms with Gasteiger partial charge in [0, 0.05) is 19.5 Å². The third-order valence-corrected chi connectivity index (χ3v) is 2.67. The fourth-order valence-corrected chi connectivity index (χ4v) is 1.72. The minimum Gasteiger partial charge on any atom is -0.369 e. The molecule has 0 radical (unpaired) electrons. The normalized spacial score (nSPS) is 21.4. The summed E-state index contributed by atoms with van der Waals surface area (Å²) in [5, 5.41) is 0. The highest BCUT2D eigenvalue weighted by Gasteiger charge is 2.32. The molecule has 0 aliphatic carbocycles. The second-order valence-electron chi connectivity index (χ2n) is 3.39. The highest BCUT2D eigenvalue weighted by Crippen LogP contribution is 2.16. The van der Waals surface area contributed by atoms with Gasteiger partial charge in [0.25, 0.3) is 0 Å². The van der Waals surface area contributed by atoms with Gasteiger partial charge in [0.2, 0.25) is 11.8 Å². The summed E-state index contributed by atoms with van der Waals surface area (Å²) in [5.74, 6) is -1.40. The minimum atomic E-state index is -4.49. The summed E-state index contributed by atoms with van der Waals surface area (Å²) in [7, 11) is -4.49. The molecule has 9 heteroatoms. The number of nitrogens with zero attached hydrogens (tertiary/aromatic N) is 1. The van der Waals surface area contributed by atoms with Gasteiger partial charge in [0.15, 0.2) is 0 Å². The van der Waals surface area contributed by atoms with E-state index in [1.807, 2.05) is 0 Å². The number of nitrogens with two attached hydrogens (primary N) is 1. The van der Waals surface area contributed by atoms with Gasteiger partial charge in [-0.05, 0) is 0 Å². The Balaban J connectivity index is 2.39. The Kier molecular flexibility index (Phi) is 3.83. The first-order chi connectivity index (χ1) is 7.29. The Bertz CT molecular complexity index is 392. The van der Waals surface area contributed by atoms with Gasteiger partial charge in [-0.15, -0.1) is 0 Å². The molecule has 1 atom stereocenters. The van der Waals surface area contributed by atoms with Crippen LogP contribution in [-0.4, -0.2) is 49.4 Å². The lowest BCUT2D eigenvalue weighted by atomic mass is 10.1. The van der Waals surface area contributed by atoms with Crippen molar-refractivity contribution in [1.29, 1.82) is 0 Å². The van der Waals surface area contributed by atoms with Crippen molar-refractivity contribution in [3.8, 4) is 0 Å². The number of rotatable bonds is 5. The molecule has 0 aromatic carbocycles. The third-order valence-electron chi connectivity index (χ3n) is 2.21. The average molecular weight is 252 g/mol. The van der Waals surface area contributed by atoms with Crippen LogP contribution in [-0.2, 0) is 24.2 Å². The van der Waals surface area contributed by atoms with Gasteiger partial charge in [0.1, 0.15) is 0 Å². The Morgan fingerprint density at radius 1 is 1.62 bits per heavy atom. The molecule has 1 saturated heterocycles. The number of amides is 2. The van der Waals surface area contributed by atoms with Crippen molar-refractivity contribution in [2.45, 2.75) is 6.42 Å². The van der Waals surface area contributed by atoms with E-state index in [2.05, 4.69) is 4.18 Å². The maximum Gasteiger partial charge on any atom is 0.397 e. The summed E-state index contributed by atoms with van der Waals surface area (Å²) < 4.78 is 32.8. The molecule has 8 nitrogen and oxygen atoms in total. The van der Waals surface area contributed by atoms with Crippen LogP contribution in [0.4, 0.5) is 0 Å². The van der Waals surface area contributed by atoms with Gasteiger partial charge in [-0.25, -0.2) is 4.18 Å². The zero-order valence-electron chi connectivity index (χ0n) is 8.33. The van der Waals surface area contributed by atoms with Crippen molar-refractivity contribution in [2.24, 2.45) is 11.7 Å². The SMILES string of the molecule is NC(=O)C1CC(=O)N(CCOS(=O)(=O)O)C1. The molecule has 1 fully saturated rings. The van der Waals surface area contributed by atoms with Crippen LogP contribution in [0.2, 0.25) is 0 Å². The van der Waals surface area contributed by atoms with E-state index in [4.69, 9.17) is 10.3 Å². The lowest BCUT2D eigenvalue weighted by Crippen LogP contribution is -2.31.